The molecule has 0 aliphatic heterocycles. The van der Waals surface area contributed by atoms with Gasteiger partial charge in [-0.05, 0) is 29.9 Å². The molecular formula is C17H17N3O3S. The van der Waals surface area contributed by atoms with Crippen LogP contribution in [0, 0.1) is 0 Å². The van der Waals surface area contributed by atoms with E-state index in [4.69, 9.17) is 17.0 Å². The molecule has 0 radical (unpaired) electrons. The van der Waals surface area contributed by atoms with Gasteiger partial charge in [-0.2, -0.15) is 0 Å². The lowest BCUT2D eigenvalue weighted by Gasteiger charge is -2.12. The molecule has 0 aliphatic rings. The summed E-state index contributed by atoms with van der Waals surface area (Å²) >= 11 is 4.99. The lowest BCUT2D eigenvalue weighted by atomic mass is 10.1. The Morgan fingerprint density at radius 3 is 2.38 bits per heavy atom. The topological polar surface area (TPSA) is 79.5 Å². The molecule has 2 amide bonds. The van der Waals surface area contributed by atoms with E-state index in [0.717, 1.165) is 5.56 Å². The number of hydrazine groups is 1. The summed E-state index contributed by atoms with van der Waals surface area (Å²) in [4.78, 5) is 23.9. The van der Waals surface area contributed by atoms with Crippen molar-refractivity contribution in [3.05, 3.63) is 65.7 Å². The third-order valence-electron chi connectivity index (χ3n) is 3.10. The van der Waals surface area contributed by atoms with Gasteiger partial charge in [0.1, 0.15) is 5.75 Å². The number of rotatable bonds is 4. The van der Waals surface area contributed by atoms with Crippen molar-refractivity contribution in [1.82, 2.24) is 16.2 Å². The molecule has 7 heteroatoms. The number of amides is 2. The summed E-state index contributed by atoms with van der Waals surface area (Å²) in [6, 6.07) is 16.1. The Bertz CT molecular complexity index is 735. The van der Waals surface area contributed by atoms with Crippen LogP contribution in [0.2, 0.25) is 0 Å². The average Bonchev–Trinajstić information content (AvgIpc) is 2.60. The highest BCUT2D eigenvalue weighted by Crippen LogP contribution is 2.16. The number of carbonyl (C=O) groups is 2. The van der Waals surface area contributed by atoms with Crippen LogP contribution in [0.1, 0.15) is 15.9 Å². The fourth-order valence-electron chi connectivity index (χ4n) is 2.00. The van der Waals surface area contributed by atoms with E-state index in [1.165, 1.54) is 7.11 Å². The van der Waals surface area contributed by atoms with Crippen molar-refractivity contribution in [2.45, 2.75) is 6.42 Å². The van der Waals surface area contributed by atoms with Crippen LogP contribution in [0.3, 0.4) is 0 Å². The minimum atomic E-state index is -0.424. The van der Waals surface area contributed by atoms with Crippen LogP contribution in [-0.4, -0.2) is 24.0 Å². The molecular weight excluding hydrogens is 326 g/mol. The first-order chi connectivity index (χ1) is 11.6. The first-order valence-corrected chi connectivity index (χ1v) is 7.58. The van der Waals surface area contributed by atoms with Gasteiger partial charge in [0, 0.05) is 0 Å². The Morgan fingerprint density at radius 2 is 1.67 bits per heavy atom. The van der Waals surface area contributed by atoms with Gasteiger partial charge in [-0.3, -0.25) is 20.4 Å². The highest BCUT2D eigenvalue weighted by Gasteiger charge is 2.12. The molecule has 0 aliphatic carbocycles. The molecule has 0 aromatic heterocycles. The quantitative estimate of drug-likeness (QED) is 0.580. The molecule has 0 atom stereocenters. The predicted molar refractivity (Wildman–Crippen MR) is 94.5 cm³/mol. The minimum absolute atomic E-state index is 0.0131. The molecule has 3 N–H and O–H groups in total. The summed E-state index contributed by atoms with van der Waals surface area (Å²) in [7, 11) is 1.48. The van der Waals surface area contributed by atoms with Gasteiger partial charge in [0.25, 0.3) is 5.91 Å². The molecule has 0 heterocycles. The number of thiocarbonyl (C=S) groups is 1. The van der Waals surface area contributed by atoms with Crippen molar-refractivity contribution in [3.63, 3.8) is 0 Å². The number of hydrogen-bond acceptors (Lipinski definition) is 4. The minimum Gasteiger partial charge on any atom is -0.496 e. The van der Waals surface area contributed by atoms with Crippen LogP contribution in [-0.2, 0) is 11.2 Å². The van der Waals surface area contributed by atoms with Gasteiger partial charge in [0.2, 0.25) is 5.91 Å². The van der Waals surface area contributed by atoms with Crippen LogP contribution >= 0.6 is 12.2 Å². The summed E-state index contributed by atoms with van der Waals surface area (Å²) in [6.45, 7) is 0. The molecule has 124 valence electrons. The molecule has 2 rings (SSSR count). The highest BCUT2D eigenvalue weighted by atomic mass is 32.1. The van der Waals surface area contributed by atoms with Gasteiger partial charge in [-0.25, -0.2) is 0 Å². The number of carbonyl (C=O) groups excluding carboxylic acids is 2. The van der Waals surface area contributed by atoms with E-state index in [1.807, 2.05) is 30.3 Å². The second-order valence-electron chi connectivity index (χ2n) is 4.82. The largest absolute Gasteiger partial charge is 0.496 e. The second-order valence-corrected chi connectivity index (χ2v) is 5.23. The molecule has 2 aromatic rings. The van der Waals surface area contributed by atoms with Gasteiger partial charge < -0.3 is 10.1 Å². The fourth-order valence-corrected chi connectivity index (χ4v) is 2.16. The fraction of sp³-hybridized carbons (Fsp3) is 0.118. The second kappa shape index (κ2) is 8.64. The summed E-state index contributed by atoms with van der Waals surface area (Å²) < 4.78 is 5.11. The number of ether oxygens (including phenoxy) is 1. The van der Waals surface area contributed by atoms with Gasteiger partial charge in [-0.15, -0.1) is 0 Å². The molecule has 2 aromatic carbocycles. The number of benzene rings is 2. The molecule has 0 saturated heterocycles. The Labute approximate surface area is 145 Å². The van der Waals surface area contributed by atoms with E-state index in [-0.39, 0.29) is 17.4 Å². The normalized spacial score (nSPS) is 9.71. The first kappa shape index (κ1) is 17.4. The number of methoxy groups -OCH3 is 1. The number of hydrogen-bond donors (Lipinski definition) is 3. The van der Waals surface area contributed by atoms with E-state index in [2.05, 4.69) is 16.2 Å². The maximum absolute atomic E-state index is 12.1. The number of para-hydroxylation sites is 1. The van der Waals surface area contributed by atoms with Crippen LogP contribution in [0.5, 0.6) is 5.75 Å². The van der Waals surface area contributed by atoms with Crippen molar-refractivity contribution < 1.29 is 14.3 Å². The Hall–Kier alpha value is -2.93. The standard InChI is InChI=1S/C17H17N3O3S/c1-23-14-10-6-5-9-13(14)16(22)19-20-17(24)18-15(21)11-12-7-3-2-4-8-12/h2-10H,11H2,1H3,(H,19,22)(H2,18,20,21,24). The monoisotopic (exact) mass is 343 g/mol. The summed E-state index contributed by atoms with van der Waals surface area (Å²) in [5.74, 6) is -0.256. The molecule has 0 fully saturated rings. The van der Waals surface area contributed by atoms with Crippen molar-refractivity contribution in [1.29, 1.82) is 0 Å². The van der Waals surface area contributed by atoms with Crippen molar-refractivity contribution >= 4 is 29.1 Å². The average molecular weight is 343 g/mol. The Balaban J connectivity index is 1.82. The van der Waals surface area contributed by atoms with E-state index in [0.29, 0.717) is 11.3 Å². The van der Waals surface area contributed by atoms with Crippen molar-refractivity contribution in [2.75, 3.05) is 7.11 Å². The SMILES string of the molecule is COc1ccccc1C(=O)NNC(=S)NC(=O)Cc1ccccc1. The van der Waals surface area contributed by atoms with Gasteiger partial charge >= 0.3 is 0 Å². The summed E-state index contributed by atoms with van der Waals surface area (Å²) in [5.41, 5.74) is 6.13. The lowest BCUT2D eigenvalue weighted by molar-refractivity contribution is -0.119. The zero-order chi connectivity index (χ0) is 17.4. The maximum atomic E-state index is 12.1. The first-order valence-electron chi connectivity index (χ1n) is 7.17. The lowest BCUT2D eigenvalue weighted by Crippen LogP contribution is -2.48. The van der Waals surface area contributed by atoms with E-state index >= 15 is 0 Å². The molecule has 0 unspecified atom stereocenters. The molecule has 0 spiro atoms. The third kappa shape index (κ3) is 5.06. The highest BCUT2D eigenvalue weighted by molar-refractivity contribution is 7.80. The molecule has 24 heavy (non-hydrogen) atoms. The van der Waals surface area contributed by atoms with Crippen LogP contribution in [0.25, 0.3) is 0 Å². The van der Waals surface area contributed by atoms with Gasteiger partial charge in [0.15, 0.2) is 5.11 Å². The Morgan fingerprint density at radius 1 is 1.00 bits per heavy atom. The van der Waals surface area contributed by atoms with Gasteiger partial charge in [-0.1, -0.05) is 42.5 Å². The molecule has 6 nitrogen and oxygen atoms in total. The maximum Gasteiger partial charge on any atom is 0.273 e. The van der Waals surface area contributed by atoms with Crippen molar-refractivity contribution in [2.24, 2.45) is 0 Å². The Kier molecular flexibility index (Phi) is 6.27. The van der Waals surface area contributed by atoms with Crippen molar-refractivity contribution in [3.8, 4) is 5.75 Å². The third-order valence-corrected chi connectivity index (χ3v) is 3.31. The van der Waals surface area contributed by atoms with Crippen LogP contribution in [0.4, 0.5) is 0 Å². The summed E-state index contributed by atoms with van der Waals surface area (Å²) in [6.07, 6.45) is 0.198. The zero-order valence-electron chi connectivity index (χ0n) is 13.0. The molecule has 0 saturated carbocycles. The predicted octanol–water partition coefficient (Wildman–Crippen LogP) is 1.57. The molecule has 0 bridgehead atoms. The van der Waals surface area contributed by atoms with E-state index in [1.54, 1.807) is 24.3 Å². The summed E-state index contributed by atoms with van der Waals surface area (Å²) in [5, 5.41) is 2.51. The van der Waals surface area contributed by atoms with E-state index < -0.39 is 5.91 Å². The van der Waals surface area contributed by atoms with Crippen LogP contribution < -0.4 is 20.9 Å². The zero-order valence-corrected chi connectivity index (χ0v) is 13.9. The smallest absolute Gasteiger partial charge is 0.273 e. The van der Waals surface area contributed by atoms with E-state index in [9.17, 15) is 9.59 Å². The van der Waals surface area contributed by atoms with Gasteiger partial charge in [0.05, 0.1) is 19.1 Å². The van der Waals surface area contributed by atoms with Crippen LogP contribution in [0.15, 0.2) is 54.6 Å². The number of nitrogens with one attached hydrogen (secondary N) is 3.